The molecular formula is C14H18N2O3. The Bertz CT molecular complexity index is 482. The number of carbonyl (C=O) groups is 1. The number of hydrogen-bond acceptors (Lipinski definition) is 5. The summed E-state index contributed by atoms with van der Waals surface area (Å²) in [6.45, 7) is 1.56. The Morgan fingerprint density at radius 1 is 1.42 bits per heavy atom. The number of carbonyl (C=O) groups excluding carboxylic acids is 1. The van der Waals surface area contributed by atoms with E-state index in [-0.39, 0.29) is 18.0 Å². The van der Waals surface area contributed by atoms with Crippen LogP contribution in [0.3, 0.4) is 0 Å². The van der Waals surface area contributed by atoms with Crippen molar-refractivity contribution in [2.45, 2.75) is 25.4 Å². The van der Waals surface area contributed by atoms with Gasteiger partial charge in [0.1, 0.15) is 5.75 Å². The van der Waals surface area contributed by atoms with Crippen LogP contribution in [0.15, 0.2) is 18.2 Å². The summed E-state index contributed by atoms with van der Waals surface area (Å²) in [6.07, 6.45) is 3.22. The van der Waals surface area contributed by atoms with Gasteiger partial charge in [-0.15, -0.1) is 0 Å². The third-order valence-corrected chi connectivity index (χ3v) is 3.47. The van der Waals surface area contributed by atoms with Crippen molar-refractivity contribution in [2.24, 2.45) is 5.92 Å². The average Bonchev–Trinajstić information content (AvgIpc) is 3.15. The lowest BCUT2D eigenvalue weighted by atomic mass is 10.2. The molecule has 5 heteroatoms. The standard InChI is InChI=1S/C14H18N2O3/c15-12-4-3-10(19-14(17)9-1-2-9)7-13(12)16-8-11-5-6-18-11/h3-4,7,9,11,16H,1-2,5-6,8,15H2. The van der Waals surface area contributed by atoms with Crippen molar-refractivity contribution in [3.63, 3.8) is 0 Å². The summed E-state index contributed by atoms with van der Waals surface area (Å²) in [4.78, 5) is 11.6. The Balaban J connectivity index is 1.62. The third kappa shape index (κ3) is 2.98. The van der Waals surface area contributed by atoms with Gasteiger partial charge in [-0.2, -0.15) is 0 Å². The minimum atomic E-state index is -0.141. The minimum Gasteiger partial charge on any atom is -0.426 e. The van der Waals surface area contributed by atoms with E-state index in [0.29, 0.717) is 11.4 Å². The van der Waals surface area contributed by atoms with Gasteiger partial charge in [0.25, 0.3) is 0 Å². The van der Waals surface area contributed by atoms with Gasteiger partial charge >= 0.3 is 5.97 Å². The molecule has 0 amide bonds. The van der Waals surface area contributed by atoms with Crippen LogP contribution in [-0.2, 0) is 9.53 Å². The molecule has 2 aliphatic rings. The Hall–Kier alpha value is -1.75. The zero-order chi connectivity index (χ0) is 13.2. The zero-order valence-corrected chi connectivity index (χ0v) is 10.7. The highest BCUT2D eigenvalue weighted by atomic mass is 16.5. The quantitative estimate of drug-likeness (QED) is 0.481. The van der Waals surface area contributed by atoms with Gasteiger partial charge < -0.3 is 20.5 Å². The summed E-state index contributed by atoms with van der Waals surface area (Å²) in [7, 11) is 0. The lowest BCUT2D eigenvalue weighted by molar-refractivity contribution is -0.135. The number of nitrogens with two attached hydrogens (primary N) is 1. The molecular weight excluding hydrogens is 244 g/mol. The number of nitrogen functional groups attached to an aromatic ring is 1. The van der Waals surface area contributed by atoms with Gasteiger partial charge in [0.05, 0.1) is 23.4 Å². The lowest BCUT2D eigenvalue weighted by Gasteiger charge is -2.27. The fraction of sp³-hybridized carbons (Fsp3) is 0.500. The highest BCUT2D eigenvalue weighted by Gasteiger charge is 2.31. The van der Waals surface area contributed by atoms with Gasteiger partial charge in [0.2, 0.25) is 0 Å². The summed E-state index contributed by atoms with van der Waals surface area (Å²) in [6, 6.07) is 5.24. The van der Waals surface area contributed by atoms with E-state index in [1.54, 1.807) is 18.2 Å². The average molecular weight is 262 g/mol. The molecule has 5 nitrogen and oxygen atoms in total. The topological polar surface area (TPSA) is 73.6 Å². The molecule has 1 aromatic rings. The largest absolute Gasteiger partial charge is 0.426 e. The van der Waals surface area contributed by atoms with Crippen LogP contribution in [0.2, 0.25) is 0 Å². The lowest BCUT2D eigenvalue weighted by Crippen LogP contribution is -2.33. The predicted molar refractivity (Wildman–Crippen MR) is 72.1 cm³/mol. The van der Waals surface area contributed by atoms with Crippen LogP contribution >= 0.6 is 0 Å². The number of rotatable bonds is 5. The number of esters is 1. The molecule has 102 valence electrons. The molecule has 1 aliphatic carbocycles. The van der Waals surface area contributed by atoms with E-state index in [4.69, 9.17) is 15.2 Å². The second-order valence-electron chi connectivity index (χ2n) is 5.11. The highest BCUT2D eigenvalue weighted by molar-refractivity contribution is 5.78. The van der Waals surface area contributed by atoms with E-state index in [1.165, 1.54) is 0 Å². The number of benzene rings is 1. The van der Waals surface area contributed by atoms with Crippen molar-refractivity contribution >= 4 is 17.3 Å². The molecule has 1 saturated heterocycles. The van der Waals surface area contributed by atoms with Crippen molar-refractivity contribution in [3.8, 4) is 5.75 Å². The second-order valence-corrected chi connectivity index (χ2v) is 5.11. The molecule has 0 spiro atoms. The number of ether oxygens (including phenoxy) is 2. The second kappa shape index (κ2) is 5.09. The maximum Gasteiger partial charge on any atom is 0.314 e. The van der Waals surface area contributed by atoms with Gasteiger partial charge in [0.15, 0.2) is 0 Å². The van der Waals surface area contributed by atoms with Crippen molar-refractivity contribution in [3.05, 3.63) is 18.2 Å². The molecule has 0 bridgehead atoms. The molecule has 1 aliphatic heterocycles. The first kappa shape index (κ1) is 12.3. The molecule has 0 radical (unpaired) electrons. The first-order valence-electron chi connectivity index (χ1n) is 6.69. The number of hydrogen-bond donors (Lipinski definition) is 2. The Morgan fingerprint density at radius 3 is 2.84 bits per heavy atom. The fourth-order valence-electron chi connectivity index (χ4n) is 1.94. The fourth-order valence-corrected chi connectivity index (χ4v) is 1.94. The Morgan fingerprint density at radius 2 is 2.21 bits per heavy atom. The summed E-state index contributed by atoms with van der Waals surface area (Å²) >= 11 is 0. The van der Waals surface area contributed by atoms with Gasteiger partial charge in [-0.25, -0.2) is 0 Å². The molecule has 19 heavy (non-hydrogen) atoms. The van der Waals surface area contributed by atoms with Crippen molar-refractivity contribution in [1.29, 1.82) is 0 Å². The first-order valence-corrected chi connectivity index (χ1v) is 6.69. The van der Waals surface area contributed by atoms with Crippen LogP contribution < -0.4 is 15.8 Å². The summed E-state index contributed by atoms with van der Waals surface area (Å²) in [5.41, 5.74) is 7.33. The monoisotopic (exact) mass is 262 g/mol. The predicted octanol–water partition coefficient (Wildman–Crippen LogP) is 1.78. The molecule has 0 aromatic heterocycles. The van der Waals surface area contributed by atoms with E-state index >= 15 is 0 Å². The molecule has 3 rings (SSSR count). The van der Waals surface area contributed by atoms with Gasteiger partial charge in [-0.05, 0) is 31.4 Å². The molecule has 1 atom stereocenters. The van der Waals surface area contributed by atoms with E-state index in [9.17, 15) is 4.79 Å². The molecule has 1 saturated carbocycles. The van der Waals surface area contributed by atoms with Crippen molar-refractivity contribution in [2.75, 3.05) is 24.2 Å². The molecule has 1 heterocycles. The van der Waals surface area contributed by atoms with Crippen LogP contribution in [0.1, 0.15) is 19.3 Å². The van der Waals surface area contributed by atoms with E-state index in [2.05, 4.69) is 5.32 Å². The maximum absolute atomic E-state index is 11.6. The molecule has 2 fully saturated rings. The zero-order valence-electron chi connectivity index (χ0n) is 10.7. The highest BCUT2D eigenvalue weighted by Crippen LogP contribution is 2.32. The Labute approximate surface area is 112 Å². The summed E-state index contributed by atoms with van der Waals surface area (Å²) in [5, 5.41) is 3.23. The van der Waals surface area contributed by atoms with Gasteiger partial charge in [0, 0.05) is 19.2 Å². The SMILES string of the molecule is Nc1ccc(OC(=O)C2CC2)cc1NCC1CCO1. The van der Waals surface area contributed by atoms with Crippen molar-refractivity contribution < 1.29 is 14.3 Å². The number of nitrogens with one attached hydrogen (secondary N) is 1. The van der Waals surface area contributed by atoms with Crippen LogP contribution in [0.4, 0.5) is 11.4 Å². The van der Waals surface area contributed by atoms with Gasteiger partial charge in [-0.1, -0.05) is 0 Å². The normalized spacial score (nSPS) is 21.6. The smallest absolute Gasteiger partial charge is 0.314 e. The summed E-state index contributed by atoms with van der Waals surface area (Å²) < 4.78 is 10.7. The van der Waals surface area contributed by atoms with Crippen molar-refractivity contribution in [1.82, 2.24) is 0 Å². The van der Waals surface area contributed by atoms with E-state index in [0.717, 1.165) is 38.1 Å². The molecule has 1 aromatic carbocycles. The maximum atomic E-state index is 11.6. The first-order chi connectivity index (χ1) is 9.22. The van der Waals surface area contributed by atoms with Crippen LogP contribution in [0.25, 0.3) is 0 Å². The van der Waals surface area contributed by atoms with E-state index in [1.807, 2.05) is 0 Å². The molecule has 1 unspecified atom stereocenters. The minimum absolute atomic E-state index is 0.0948. The van der Waals surface area contributed by atoms with Crippen LogP contribution in [0.5, 0.6) is 5.75 Å². The number of anilines is 2. The Kier molecular flexibility index (Phi) is 3.29. The van der Waals surface area contributed by atoms with Gasteiger partial charge in [-0.3, -0.25) is 4.79 Å². The van der Waals surface area contributed by atoms with E-state index < -0.39 is 0 Å². The summed E-state index contributed by atoms with van der Waals surface area (Å²) in [5.74, 6) is 0.499. The third-order valence-electron chi connectivity index (χ3n) is 3.47. The van der Waals surface area contributed by atoms with Crippen LogP contribution in [0, 0.1) is 5.92 Å². The van der Waals surface area contributed by atoms with Crippen LogP contribution in [-0.4, -0.2) is 25.2 Å². The molecule has 3 N–H and O–H groups in total.